The van der Waals surface area contributed by atoms with Crippen LogP contribution in [0.25, 0.3) is 5.69 Å². The Morgan fingerprint density at radius 3 is 2.59 bits per heavy atom. The van der Waals surface area contributed by atoms with Gasteiger partial charge in [0.15, 0.2) is 5.69 Å². The van der Waals surface area contributed by atoms with Gasteiger partial charge in [-0.25, -0.2) is 13.4 Å². The van der Waals surface area contributed by atoms with Crippen molar-refractivity contribution in [3.8, 4) is 5.69 Å². The average molecular weight is 391 g/mol. The second-order valence-electron chi connectivity index (χ2n) is 6.05. The number of para-hydroxylation sites is 1. The molecule has 2 N–H and O–H groups in total. The van der Waals surface area contributed by atoms with Crippen LogP contribution in [0.15, 0.2) is 35.5 Å². The van der Waals surface area contributed by atoms with Crippen molar-refractivity contribution in [1.29, 1.82) is 0 Å². The number of hydrogen-bond donors (Lipinski definition) is 2. The summed E-state index contributed by atoms with van der Waals surface area (Å²) in [7, 11) is -3.67. The molecule has 1 aliphatic rings. The molecule has 1 aliphatic heterocycles. The lowest BCUT2D eigenvalue weighted by atomic mass is 10.2. The van der Waals surface area contributed by atoms with E-state index in [-0.39, 0.29) is 36.1 Å². The maximum absolute atomic E-state index is 12.9. The van der Waals surface area contributed by atoms with Gasteiger partial charge in [-0.15, -0.1) is 0 Å². The topological polar surface area (TPSA) is 113 Å². The van der Waals surface area contributed by atoms with Crippen molar-refractivity contribution in [2.45, 2.75) is 25.3 Å². The molecule has 144 valence electrons. The Morgan fingerprint density at radius 1 is 1.19 bits per heavy atom. The predicted octanol–water partition coefficient (Wildman–Crippen LogP) is 0.262. The summed E-state index contributed by atoms with van der Waals surface area (Å²) >= 11 is 0. The van der Waals surface area contributed by atoms with Gasteiger partial charge in [0.2, 0.25) is 15.9 Å². The van der Waals surface area contributed by atoms with Gasteiger partial charge in [-0.3, -0.25) is 14.2 Å². The average Bonchev–Trinajstić information content (AvgIpc) is 3.02. The third-order valence-corrected chi connectivity index (χ3v) is 6.26. The second kappa shape index (κ2) is 7.49. The zero-order valence-corrected chi connectivity index (χ0v) is 15.9. The van der Waals surface area contributed by atoms with E-state index in [0.29, 0.717) is 17.9 Å². The standard InChI is InChI=1S/C17H21N5O4S/c1-3-21-10-14-16(17(24)19-9-8-18-12(2)23)20-11-22(14)13-6-4-5-7-15(13)27(21,25)26/h4-7,11H,3,8-10H2,1-2H3,(H,18,23)(H,19,24). The summed E-state index contributed by atoms with van der Waals surface area (Å²) < 4.78 is 28.8. The van der Waals surface area contributed by atoms with E-state index in [1.165, 1.54) is 17.6 Å². The number of nitrogens with one attached hydrogen (secondary N) is 2. The van der Waals surface area contributed by atoms with Gasteiger partial charge in [-0.05, 0) is 12.1 Å². The highest BCUT2D eigenvalue weighted by Crippen LogP contribution is 2.30. The molecular formula is C17H21N5O4S. The van der Waals surface area contributed by atoms with E-state index in [2.05, 4.69) is 15.6 Å². The molecule has 0 fully saturated rings. The molecule has 0 saturated carbocycles. The fourth-order valence-corrected chi connectivity index (χ4v) is 4.56. The molecule has 0 saturated heterocycles. The molecule has 0 radical (unpaired) electrons. The fraction of sp³-hybridized carbons (Fsp3) is 0.353. The number of fused-ring (bicyclic) bond motifs is 3. The lowest BCUT2D eigenvalue weighted by molar-refractivity contribution is -0.118. The third-order valence-electron chi connectivity index (χ3n) is 4.29. The van der Waals surface area contributed by atoms with Crippen molar-refractivity contribution in [2.75, 3.05) is 19.6 Å². The van der Waals surface area contributed by atoms with Crippen LogP contribution < -0.4 is 10.6 Å². The van der Waals surface area contributed by atoms with E-state index in [1.54, 1.807) is 35.8 Å². The molecular weight excluding hydrogens is 370 g/mol. The SMILES string of the molecule is CCN1Cc2c(C(=O)NCCNC(C)=O)ncn2-c2ccccc2S1(=O)=O. The number of benzene rings is 1. The minimum Gasteiger partial charge on any atom is -0.355 e. The molecule has 1 aromatic carbocycles. The summed E-state index contributed by atoms with van der Waals surface area (Å²) in [6.45, 7) is 4.01. The van der Waals surface area contributed by atoms with Gasteiger partial charge in [0.05, 0.1) is 17.9 Å². The Hall–Kier alpha value is -2.72. The van der Waals surface area contributed by atoms with Crippen LogP contribution in [0.1, 0.15) is 30.0 Å². The third kappa shape index (κ3) is 3.58. The molecule has 9 nitrogen and oxygen atoms in total. The van der Waals surface area contributed by atoms with Gasteiger partial charge in [0, 0.05) is 26.6 Å². The van der Waals surface area contributed by atoms with Gasteiger partial charge in [0.1, 0.15) is 11.2 Å². The summed E-state index contributed by atoms with van der Waals surface area (Å²) in [6, 6.07) is 6.65. The number of imidazole rings is 1. The minimum absolute atomic E-state index is 0.0436. The normalized spacial score (nSPS) is 15.3. The van der Waals surface area contributed by atoms with Gasteiger partial charge in [0.25, 0.3) is 5.91 Å². The number of amides is 2. The lowest BCUT2D eigenvalue weighted by Gasteiger charge is -2.18. The summed E-state index contributed by atoms with van der Waals surface area (Å²) in [5, 5.41) is 5.28. The maximum Gasteiger partial charge on any atom is 0.271 e. The first-order chi connectivity index (χ1) is 12.9. The summed E-state index contributed by atoms with van der Waals surface area (Å²) in [5.74, 6) is -0.595. The Bertz CT molecular complexity index is 983. The Kier molecular flexibility index (Phi) is 5.29. The molecule has 0 atom stereocenters. The molecule has 27 heavy (non-hydrogen) atoms. The molecule has 10 heteroatoms. The Labute approximate surface area is 157 Å². The van der Waals surface area contributed by atoms with Crippen molar-refractivity contribution in [1.82, 2.24) is 24.5 Å². The van der Waals surface area contributed by atoms with Crippen LogP contribution in [0.3, 0.4) is 0 Å². The number of sulfonamides is 1. The molecule has 3 rings (SSSR count). The molecule has 1 aromatic heterocycles. The van der Waals surface area contributed by atoms with Crippen LogP contribution in [0.2, 0.25) is 0 Å². The highest BCUT2D eigenvalue weighted by molar-refractivity contribution is 7.89. The molecule has 2 heterocycles. The zero-order chi connectivity index (χ0) is 19.6. The van der Waals surface area contributed by atoms with Gasteiger partial charge in [-0.2, -0.15) is 4.31 Å². The van der Waals surface area contributed by atoms with Gasteiger partial charge in [-0.1, -0.05) is 19.1 Å². The van der Waals surface area contributed by atoms with Crippen LogP contribution in [-0.2, 0) is 21.4 Å². The Morgan fingerprint density at radius 2 is 1.89 bits per heavy atom. The lowest BCUT2D eigenvalue weighted by Crippen LogP contribution is -2.35. The quantitative estimate of drug-likeness (QED) is 0.710. The van der Waals surface area contributed by atoms with Crippen molar-refractivity contribution >= 4 is 21.8 Å². The highest BCUT2D eigenvalue weighted by Gasteiger charge is 2.33. The van der Waals surface area contributed by atoms with Crippen LogP contribution in [0, 0.1) is 0 Å². The van der Waals surface area contributed by atoms with Crippen LogP contribution in [0.5, 0.6) is 0 Å². The summed E-state index contributed by atoms with van der Waals surface area (Å²) in [6.07, 6.45) is 1.46. The smallest absolute Gasteiger partial charge is 0.271 e. The first-order valence-corrected chi connectivity index (χ1v) is 9.98. The number of carbonyl (C=O) groups is 2. The van der Waals surface area contributed by atoms with Gasteiger partial charge < -0.3 is 10.6 Å². The minimum atomic E-state index is -3.67. The van der Waals surface area contributed by atoms with E-state index in [4.69, 9.17) is 0 Å². The zero-order valence-electron chi connectivity index (χ0n) is 15.1. The second-order valence-corrected chi connectivity index (χ2v) is 7.95. The number of nitrogens with zero attached hydrogens (tertiary/aromatic N) is 3. The van der Waals surface area contributed by atoms with E-state index in [0.717, 1.165) is 0 Å². The largest absolute Gasteiger partial charge is 0.355 e. The first-order valence-electron chi connectivity index (χ1n) is 8.54. The number of hydrogen-bond acceptors (Lipinski definition) is 5. The molecule has 0 spiro atoms. The van der Waals surface area contributed by atoms with Gasteiger partial charge >= 0.3 is 0 Å². The molecule has 2 aromatic rings. The van der Waals surface area contributed by atoms with Crippen LogP contribution in [0.4, 0.5) is 0 Å². The number of rotatable bonds is 5. The van der Waals surface area contributed by atoms with E-state index >= 15 is 0 Å². The van der Waals surface area contributed by atoms with Crippen LogP contribution in [-0.4, -0.2) is 53.7 Å². The first kappa shape index (κ1) is 19.1. The molecule has 0 bridgehead atoms. The Balaban J connectivity index is 1.96. The highest BCUT2D eigenvalue weighted by atomic mass is 32.2. The van der Waals surface area contributed by atoms with Crippen molar-refractivity contribution in [3.05, 3.63) is 42.0 Å². The van der Waals surface area contributed by atoms with E-state index in [1.807, 2.05) is 0 Å². The maximum atomic E-state index is 12.9. The van der Waals surface area contributed by atoms with Crippen LogP contribution >= 0.6 is 0 Å². The summed E-state index contributed by atoms with van der Waals surface area (Å²) in [5.41, 5.74) is 1.14. The molecule has 0 unspecified atom stereocenters. The molecule has 0 aliphatic carbocycles. The molecule has 2 amide bonds. The van der Waals surface area contributed by atoms with E-state index < -0.39 is 15.9 Å². The number of aromatic nitrogens is 2. The van der Waals surface area contributed by atoms with Crippen molar-refractivity contribution in [3.63, 3.8) is 0 Å². The van der Waals surface area contributed by atoms with E-state index in [9.17, 15) is 18.0 Å². The van der Waals surface area contributed by atoms with Crippen molar-refractivity contribution in [2.24, 2.45) is 0 Å². The van der Waals surface area contributed by atoms with Crippen molar-refractivity contribution < 1.29 is 18.0 Å². The number of carbonyl (C=O) groups excluding carboxylic acids is 2. The predicted molar refractivity (Wildman–Crippen MR) is 97.9 cm³/mol. The fourth-order valence-electron chi connectivity index (χ4n) is 2.97. The monoisotopic (exact) mass is 391 g/mol. The summed E-state index contributed by atoms with van der Waals surface area (Å²) in [4.78, 5) is 27.8.